The number of hydrogen-bond acceptors (Lipinski definition) is 0. The number of rotatable bonds is 8. The number of halogens is 1. The first-order chi connectivity index (χ1) is 6.24. The van der Waals surface area contributed by atoms with Gasteiger partial charge in [0.1, 0.15) is 0 Å². The lowest BCUT2D eigenvalue weighted by Crippen LogP contribution is -2.07. The Kier molecular flexibility index (Phi) is 9.07. The van der Waals surface area contributed by atoms with Crippen molar-refractivity contribution in [2.45, 2.75) is 71.1 Å². The predicted octanol–water partition coefficient (Wildman–Crippen LogP) is 5.00. The summed E-state index contributed by atoms with van der Waals surface area (Å²) in [4.78, 5) is 0. The highest BCUT2D eigenvalue weighted by molar-refractivity contribution is 6.20. The van der Waals surface area contributed by atoms with Gasteiger partial charge in [0.25, 0.3) is 0 Å². The molecule has 0 saturated carbocycles. The summed E-state index contributed by atoms with van der Waals surface area (Å²) in [6.45, 7) is 6.73. The molecule has 0 aromatic rings. The number of hydrogen-bond donors (Lipinski definition) is 0. The molecule has 13 heavy (non-hydrogen) atoms. The summed E-state index contributed by atoms with van der Waals surface area (Å²) in [7, 11) is 0. The van der Waals surface area contributed by atoms with Gasteiger partial charge in [0.2, 0.25) is 0 Å². The van der Waals surface area contributed by atoms with E-state index in [9.17, 15) is 0 Å². The molecular weight excluding hydrogens is 180 g/mol. The van der Waals surface area contributed by atoms with Gasteiger partial charge in [-0.25, -0.2) is 0 Å². The smallest absolute Gasteiger partial charge is 0.0336 e. The Morgan fingerprint density at radius 2 is 1.69 bits per heavy atom. The van der Waals surface area contributed by atoms with Crippen LogP contribution in [-0.2, 0) is 0 Å². The molecule has 2 atom stereocenters. The summed E-state index contributed by atoms with van der Waals surface area (Å²) in [5.74, 6) is 0.869. The van der Waals surface area contributed by atoms with Crippen LogP contribution in [0.5, 0.6) is 0 Å². The van der Waals surface area contributed by atoms with E-state index in [1.54, 1.807) is 0 Å². The Bertz CT molecular complexity index is 101. The van der Waals surface area contributed by atoms with E-state index in [-0.39, 0.29) is 0 Å². The quantitative estimate of drug-likeness (QED) is 0.386. The SMILES string of the molecule is CCCCCC(CC)CC(Cl)CC. The first-order valence-corrected chi connectivity index (χ1v) is 6.32. The molecule has 2 unspecified atom stereocenters. The minimum Gasteiger partial charge on any atom is -0.123 e. The van der Waals surface area contributed by atoms with Crippen LogP contribution in [-0.4, -0.2) is 5.38 Å². The predicted molar refractivity (Wildman–Crippen MR) is 62.5 cm³/mol. The Balaban J connectivity index is 3.50. The van der Waals surface area contributed by atoms with E-state index >= 15 is 0 Å². The highest BCUT2D eigenvalue weighted by atomic mass is 35.5. The molecule has 0 amide bonds. The fourth-order valence-electron chi connectivity index (χ4n) is 1.70. The minimum atomic E-state index is 0.409. The molecule has 0 nitrogen and oxygen atoms in total. The van der Waals surface area contributed by atoms with Crippen LogP contribution in [0.2, 0.25) is 0 Å². The Labute approximate surface area is 89.1 Å². The second-order valence-electron chi connectivity index (χ2n) is 4.01. The molecule has 0 aromatic heterocycles. The molecule has 0 fully saturated rings. The van der Waals surface area contributed by atoms with Gasteiger partial charge in [-0.1, -0.05) is 52.9 Å². The fourth-order valence-corrected chi connectivity index (χ4v) is 1.95. The summed E-state index contributed by atoms with van der Waals surface area (Å²) < 4.78 is 0. The normalized spacial score (nSPS) is 15.7. The number of alkyl halides is 1. The maximum absolute atomic E-state index is 6.15. The van der Waals surface area contributed by atoms with Gasteiger partial charge in [0.05, 0.1) is 0 Å². The van der Waals surface area contributed by atoms with Crippen LogP contribution in [0.15, 0.2) is 0 Å². The van der Waals surface area contributed by atoms with Crippen molar-refractivity contribution < 1.29 is 0 Å². The van der Waals surface area contributed by atoms with Crippen LogP contribution >= 0.6 is 11.6 Å². The van der Waals surface area contributed by atoms with E-state index in [0.29, 0.717) is 5.38 Å². The molecule has 0 aliphatic heterocycles. The van der Waals surface area contributed by atoms with Crippen molar-refractivity contribution in [3.8, 4) is 0 Å². The first kappa shape index (κ1) is 13.3. The maximum atomic E-state index is 6.15. The molecule has 0 saturated heterocycles. The molecule has 0 heterocycles. The summed E-state index contributed by atoms with van der Waals surface area (Å²) in [5, 5.41) is 0.409. The third-order valence-corrected chi connectivity index (χ3v) is 3.31. The molecule has 0 radical (unpaired) electrons. The van der Waals surface area contributed by atoms with E-state index < -0.39 is 0 Å². The average molecular weight is 205 g/mol. The van der Waals surface area contributed by atoms with Gasteiger partial charge >= 0.3 is 0 Å². The zero-order chi connectivity index (χ0) is 10.1. The first-order valence-electron chi connectivity index (χ1n) is 5.88. The van der Waals surface area contributed by atoms with Crippen LogP contribution in [0.3, 0.4) is 0 Å². The van der Waals surface area contributed by atoms with Gasteiger partial charge in [0.15, 0.2) is 0 Å². The van der Waals surface area contributed by atoms with Gasteiger partial charge in [-0.3, -0.25) is 0 Å². The van der Waals surface area contributed by atoms with Crippen LogP contribution in [0.1, 0.15) is 65.7 Å². The fraction of sp³-hybridized carbons (Fsp3) is 1.00. The summed E-state index contributed by atoms with van der Waals surface area (Å²) in [5.41, 5.74) is 0. The van der Waals surface area contributed by atoms with Gasteiger partial charge < -0.3 is 0 Å². The average Bonchev–Trinajstić information content (AvgIpc) is 2.16. The lowest BCUT2D eigenvalue weighted by molar-refractivity contribution is 0.407. The lowest BCUT2D eigenvalue weighted by Gasteiger charge is -2.17. The molecule has 0 N–H and O–H groups in total. The standard InChI is InChI=1S/C12H25Cl/c1-4-7-8-9-11(5-2)10-12(13)6-3/h11-12H,4-10H2,1-3H3. The maximum Gasteiger partial charge on any atom is 0.0336 e. The third-order valence-electron chi connectivity index (χ3n) is 2.83. The van der Waals surface area contributed by atoms with Gasteiger partial charge in [0, 0.05) is 5.38 Å². The second kappa shape index (κ2) is 8.87. The summed E-state index contributed by atoms with van der Waals surface area (Å²) in [6, 6.07) is 0. The van der Waals surface area contributed by atoms with Crippen LogP contribution < -0.4 is 0 Å². The van der Waals surface area contributed by atoms with Crippen molar-refractivity contribution in [3.05, 3.63) is 0 Å². The molecule has 1 heteroatoms. The molecule has 0 aliphatic rings. The van der Waals surface area contributed by atoms with Crippen molar-refractivity contribution in [2.75, 3.05) is 0 Å². The van der Waals surface area contributed by atoms with Gasteiger partial charge in [-0.05, 0) is 18.8 Å². The zero-order valence-corrected chi connectivity index (χ0v) is 10.2. The molecule has 0 rings (SSSR count). The van der Waals surface area contributed by atoms with E-state index in [0.717, 1.165) is 12.3 Å². The third kappa shape index (κ3) is 7.37. The van der Waals surface area contributed by atoms with Crippen molar-refractivity contribution in [1.29, 1.82) is 0 Å². The van der Waals surface area contributed by atoms with Crippen LogP contribution in [0, 0.1) is 5.92 Å². The number of unbranched alkanes of at least 4 members (excludes halogenated alkanes) is 2. The Morgan fingerprint density at radius 1 is 1.00 bits per heavy atom. The highest BCUT2D eigenvalue weighted by Crippen LogP contribution is 2.22. The zero-order valence-electron chi connectivity index (χ0n) is 9.48. The Morgan fingerprint density at radius 3 is 2.15 bits per heavy atom. The topological polar surface area (TPSA) is 0 Å². The molecule has 0 spiro atoms. The van der Waals surface area contributed by atoms with Crippen molar-refractivity contribution in [3.63, 3.8) is 0 Å². The van der Waals surface area contributed by atoms with Crippen LogP contribution in [0.4, 0.5) is 0 Å². The van der Waals surface area contributed by atoms with Gasteiger partial charge in [-0.15, -0.1) is 11.6 Å². The summed E-state index contributed by atoms with van der Waals surface area (Å²) >= 11 is 6.15. The minimum absolute atomic E-state index is 0.409. The van der Waals surface area contributed by atoms with Crippen LogP contribution in [0.25, 0.3) is 0 Å². The summed E-state index contributed by atoms with van der Waals surface area (Å²) in [6.07, 6.45) is 9.12. The lowest BCUT2D eigenvalue weighted by atomic mass is 9.93. The monoisotopic (exact) mass is 204 g/mol. The van der Waals surface area contributed by atoms with Crippen molar-refractivity contribution in [2.24, 2.45) is 5.92 Å². The van der Waals surface area contributed by atoms with Gasteiger partial charge in [-0.2, -0.15) is 0 Å². The molecule has 80 valence electrons. The molecule has 0 aromatic carbocycles. The molecule has 0 bridgehead atoms. The Hall–Kier alpha value is 0.290. The van der Waals surface area contributed by atoms with E-state index in [1.807, 2.05) is 0 Å². The van der Waals surface area contributed by atoms with E-state index in [4.69, 9.17) is 11.6 Å². The second-order valence-corrected chi connectivity index (χ2v) is 4.63. The van der Waals surface area contributed by atoms with E-state index in [1.165, 1.54) is 38.5 Å². The molecule has 0 aliphatic carbocycles. The van der Waals surface area contributed by atoms with E-state index in [2.05, 4.69) is 20.8 Å². The highest BCUT2D eigenvalue weighted by Gasteiger charge is 2.10. The van der Waals surface area contributed by atoms with Crippen molar-refractivity contribution >= 4 is 11.6 Å². The largest absolute Gasteiger partial charge is 0.123 e. The van der Waals surface area contributed by atoms with Crippen molar-refractivity contribution in [1.82, 2.24) is 0 Å². The molecular formula is C12H25Cl.